The van der Waals surface area contributed by atoms with Crippen LogP contribution in [0.25, 0.3) is 10.9 Å². The number of rotatable bonds is 4. The van der Waals surface area contributed by atoms with Crippen LogP contribution in [0.2, 0.25) is 5.02 Å². The second-order valence-corrected chi connectivity index (χ2v) is 6.64. The topological polar surface area (TPSA) is 90.1 Å². The maximum atomic E-state index is 11.9. The fraction of sp³-hybridized carbons (Fsp3) is 0.438. The third-order valence-corrected chi connectivity index (χ3v) is 3.54. The molecule has 1 aromatic heterocycles. The summed E-state index contributed by atoms with van der Waals surface area (Å²) in [6.45, 7) is 5.64. The number of fused-ring (bicyclic) bond motifs is 1. The number of nitrogens with two attached hydrogens (primary N) is 1. The van der Waals surface area contributed by atoms with E-state index in [1.807, 2.05) is 24.3 Å². The average Bonchev–Trinajstić information content (AvgIpc) is 2.47. The molecule has 0 saturated carbocycles. The third kappa shape index (κ3) is 4.77. The normalized spacial score (nSPS) is 12.9. The van der Waals surface area contributed by atoms with Crippen molar-refractivity contribution >= 4 is 28.6 Å². The van der Waals surface area contributed by atoms with Gasteiger partial charge in [-0.1, -0.05) is 29.8 Å². The molecule has 0 fully saturated rings. The summed E-state index contributed by atoms with van der Waals surface area (Å²) in [6, 6.07) is 7.16. The van der Waals surface area contributed by atoms with E-state index in [0.717, 1.165) is 10.9 Å². The van der Waals surface area contributed by atoms with Crippen LogP contribution in [0, 0.1) is 0 Å². The van der Waals surface area contributed by atoms with Gasteiger partial charge in [-0.05, 0) is 26.8 Å². The molecule has 0 aliphatic carbocycles. The highest BCUT2D eigenvalue weighted by molar-refractivity contribution is 6.35. The maximum absolute atomic E-state index is 11.9. The van der Waals surface area contributed by atoms with Crippen LogP contribution < -0.4 is 11.1 Å². The van der Waals surface area contributed by atoms with Gasteiger partial charge >= 0.3 is 6.09 Å². The Labute approximate surface area is 140 Å². The van der Waals surface area contributed by atoms with Crippen molar-refractivity contribution in [2.75, 3.05) is 6.54 Å². The molecular formula is C16H21ClN4O2. The Kier molecular flexibility index (Phi) is 5.38. The number of alkyl carbamates (subject to hydrolysis) is 1. The quantitative estimate of drug-likeness (QED) is 0.895. The third-order valence-electron chi connectivity index (χ3n) is 3.12. The van der Waals surface area contributed by atoms with E-state index in [1.54, 1.807) is 20.8 Å². The molecule has 124 valence electrons. The molecule has 1 heterocycles. The van der Waals surface area contributed by atoms with Crippen LogP contribution in [-0.4, -0.2) is 34.5 Å². The van der Waals surface area contributed by atoms with Gasteiger partial charge in [0.2, 0.25) is 0 Å². The van der Waals surface area contributed by atoms with Gasteiger partial charge in [0.05, 0.1) is 22.3 Å². The van der Waals surface area contributed by atoms with Crippen molar-refractivity contribution in [2.45, 2.75) is 38.8 Å². The summed E-state index contributed by atoms with van der Waals surface area (Å²) in [4.78, 5) is 11.9. The van der Waals surface area contributed by atoms with Crippen molar-refractivity contribution in [3.63, 3.8) is 0 Å². The Bertz CT molecular complexity index is 700. The highest BCUT2D eigenvalue weighted by atomic mass is 35.5. The molecule has 1 unspecified atom stereocenters. The largest absolute Gasteiger partial charge is 0.444 e. The van der Waals surface area contributed by atoms with Gasteiger partial charge in [-0.3, -0.25) is 0 Å². The predicted octanol–water partition coefficient (Wildman–Crippen LogP) is 2.68. The number of nitrogens with zero attached hydrogens (tertiary/aromatic N) is 2. The summed E-state index contributed by atoms with van der Waals surface area (Å²) in [6.07, 6.45) is -0.135. The van der Waals surface area contributed by atoms with Gasteiger partial charge in [0.1, 0.15) is 5.60 Å². The average molecular weight is 337 g/mol. The number of benzene rings is 1. The number of hydrogen-bond donors (Lipinski definition) is 2. The minimum atomic E-state index is -0.566. The van der Waals surface area contributed by atoms with Gasteiger partial charge in [0.15, 0.2) is 0 Å². The molecular weight excluding hydrogens is 316 g/mol. The number of ether oxygens (including phenoxy) is 1. The lowest BCUT2D eigenvalue weighted by Crippen LogP contribution is -2.44. The van der Waals surface area contributed by atoms with E-state index in [1.165, 1.54) is 0 Å². The molecule has 1 atom stereocenters. The van der Waals surface area contributed by atoms with Crippen LogP contribution in [0.4, 0.5) is 4.79 Å². The van der Waals surface area contributed by atoms with Crippen molar-refractivity contribution in [1.29, 1.82) is 0 Å². The highest BCUT2D eigenvalue weighted by Gasteiger charge is 2.20. The molecule has 0 spiro atoms. The van der Waals surface area contributed by atoms with Crippen molar-refractivity contribution in [3.8, 4) is 0 Å². The SMILES string of the molecule is CC(C)(C)OC(=O)NC(CN)Cc1nnc2ccccc2c1Cl. The molecule has 2 rings (SSSR count). The number of hydrogen-bond acceptors (Lipinski definition) is 5. The zero-order valence-electron chi connectivity index (χ0n) is 13.5. The summed E-state index contributed by atoms with van der Waals surface area (Å²) in [5, 5.41) is 12.4. The number of nitrogens with one attached hydrogen (secondary N) is 1. The molecule has 1 aromatic carbocycles. The van der Waals surface area contributed by atoms with E-state index in [9.17, 15) is 4.79 Å². The van der Waals surface area contributed by atoms with Crippen molar-refractivity contribution in [2.24, 2.45) is 5.73 Å². The van der Waals surface area contributed by atoms with E-state index >= 15 is 0 Å². The van der Waals surface area contributed by atoms with Crippen LogP contribution in [-0.2, 0) is 11.2 Å². The molecule has 0 saturated heterocycles. The summed E-state index contributed by atoms with van der Waals surface area (Å²) in [5.74, 6) is 0. The van der Waals surface area contributed by atoms with Crippen molar-refractivity contribution in [3.05, 3.63) is 35.0 Å². The number of amides is 1. The minimum absolute atomic E-state index is 0.240. The molecule has 0 radical (unpaired) electrons. The number of aromatic nitrogens is 2. The fourth-order valence-electron chi connectivity index (χ4n) is 2.09. The van der Waals surface area contributed by atoms with Gasteiger partial charge in [-0.25, -0.2) is 4.79 Å². The smallest absolute Gasteiger partial charge is 0.407 e. The molecule has 1 amide bonds. The molecule has 7 heteroatoms. The molecule has 0 aliphatic rings. The van der Waals surface area contributed by atoms with Gasteiger partial charge in [-0.2, -0.15) is 10.2 Å². The number of carbonyl (C=O) groups is 1. The van der Waals surface area contributed by atoms with E-state index in [0.29, 0.717) is 17.1 Å². The molecule has 0 bridgehead atoms. The summed E-state index contributed by atoms with van der Waals surface area (Å²) in [5.41, 5.74) is 6.49. The van der Waals surface area contributed by atoms with Crippen molar-refractivity contribution in [1.82, 2.24) is 15.5 Å². The Morgan fingerprint density at radius 2 is 2.04 bits per heavy atom. The summed E-state index contributed by atoms with van der Waals surface area (Å²) in [7, 11) is 0. The second-order valence-electron chi connectivity index (χ2n) is 6.26. The maximum Gasteiger partial charge on any atom is 0.407 e. The van der Waals surface area contributed by atoms with Gasteiger partial charge in [0.25, 0.3) is 0 Å². The lowest BCUT2D eigenvalue weighted by molar-refractivity contribution is 0.0505. The predicted molar refractivity (Wildman–Crippen MR) is 90.5 cm³/mol. The molecule has 0 aliphatic heterocycles. The van der Waals surface area contributed by atoms with E-state index in [4.69, 9.17) is 22.1 Å². The number of carbonyl (C=O) groups excluding carboxylic acids is 1. The first-order chi connectivity index (χ1) is 10.8. The summed E-state index contributed by atoms with van der Waals surface area (Å²) < 4.78 is 5.23. The Hall–Kier alpha value is -1.92. The van der Waals surface area contributed by atoms with Crippen LogP contribution >= 0.6 is 11.6 Å². The Morgan fingerprint density at radius 1 is 1.35 bits per heavy atom. The van der Waals surface area contributed by atoms with E-state index in [2.05, 4.69) is 15.5 Å². The van der Waals surface area contributed by atoms with Crippen LogP contribution in [0.1, 0.15) is 26.5 Å². The molecule has 3 N–H and O–H groups in total. The van der Waals surface area contributed by atoms with E-state index in [-0.39, 0.29) is 12.6 Å². The van der Waals surface area contributed by atoms with Gasteiger partial charge in [-0.15, -0.1) is 0 Å². The van der Waals surface area contributed by atoms with Gasteiger partial charge in [0, 0.05) is 18.4 Å². The number of halogens is 1. The lowest BCUT2D eigenvalue weighted by atomic mass is 10.1. The summed E-state index contributed by atoms with van der Waals surface area (Å²) >= 11 is 6.40. The first-order valence-electron chi connectivity index (χ1n) is 7.39. The molecule has 6 nitrogen and oxygen atoms in total. The first kappa shape index (κ1) is 17.4. The fourth-order valence-corrected chi connectivity index (χ4v) is 2.37. The Morgan fingerprint density at radius 3 is 2.70 bits per heavy atom. The second kappa shape index (κ2) is 7.10. The van der Waals surface area contributed by atoms with Crippen molar-refractivity contribution < 1.29 is 9.53 Å². The molecule has 2 aromatic rings. The Balaban J connectivity index is 2.13. The van der Waals surface area contributed by atoms with Crippen LogP contribution in [0.15, 0.2) is 24.3 Å². The van der Waals surface area contributed by atoms with Crippen LogP contribution in [0.3, 0.4) is 0 Å². The first-order valence-corrected chi connectivity index (χ1v) is 7.77. The standard InChI is InChI=1S/C16H21ClN4O2/c1-16(2,3)23-15(22)19-10(9-18)8-13-14(17)11-6-4-5-7-12(11)20-21-13/h4-7,10H,8-9,18H2,1-3H3,(H,19,22). The van der Waals surface area contributed by atoms with Crippen LogP contribution in [0.5, 0.6) is 0 Å². The van der Waals surface area contributed by atoms with Gasteiger partial charge < -0.3 is 15.8 Å². The highest BCUT2D eigenvalue weighted by Crippen LogP contribution is 2.24. The monoisotopic (exact) mass is 336 g/mol. The van der Waals surface area contributed by atoms with E-state index < -0.39 is 11.7 Å². The zero-order chi connectivity index (χ0) is 17.0. The molecule has 23 heavy (non-hydrogen) atoms. The lowest BCUT2D eigenvalue weighted by Gasteiger charge is -2.23. The zero-order valence-corrected chi connectivity index (χ0v) is 14.2. The minimum Gasteiger partial charge on any atom is -0.444 e.